The third-order valence-electron chi connectivity index (χ3n) is 9.54. The van der Waals surface area contributed by atoms with Crippen LogP contribution in [0, 0.1) is 23.5 Å². The van der Waals surface area contributed by atoms with Gasteiger partial charge in [0.1, 0.15) is 29.9 Å². The lowest BCUT2D eigenvalue weighted by atomic mass is 9.95. The minimum Gasteiger partial charge on any atom is -0.461 e. The van der Waals surface area contributed by atoms with Crippen LogP contribution in [0.25, 0.3) is 32.2 Å². The number of fused-ring (bicyclic) bond motifs is 4. The van der Waals surface area contributed by atoms with Crippen molar-refractivity contribution < 1.29 is 17.9 Å². The molecule has 4 saturated heterocycles. The SMILES string of the molecule is Nc1nc2c(-c3c(Cl)cc4c(N5CC6CNCC6C5)nc(OC[C@@]56CCCN5C[C@H](F)C6)nc4c3F)ccc(F)c2s1. The first-order chi connectivity index (χ1) is 20.3. The Morgan fingerprint density at radius 2 is 1.93 bits per heavy atom. The number of thiazole rings is 1. The molecule has 4 fully saturated rings. The number of nitrogen functional groups attached to an aromatic ring is 1. The molecular weight excluding hydrogens is 587 g/mol. The van der Waals surface area contributed by atoms with Gasteiger partial charge in [0.2, 0.25) is 0 Å². The minimum absolute atomic E-state index is 0.0468. The van der Waals surface area contributed by atoms with Gasteiger partial charge >= 0.3 is 6.01 Å². The highest BCUT2D eigenvalue weighted by atomic mass is 35.5. The summed E-state index contributed by atoms with van der Waals surface area (Å²) in [7, 11) is 0. The van der Waals surface area contributed by atoms with Gasteiger partial charge in [-0.15, -0.1) is 0 Å². The van der Waals surface area contributed by atoms with Crippen molar-refractivity contribution >= 4 is 55.0 Å². The summed E-state index contributed by atoms with van der Waals surface area (Å²) in [5.74, 6) is 0.337. The lowest BCUT2D eigenvalue weighted by Gasteiger charge is -2.31. The molecule has 8 rings (SSSR count). The summed E-state index contributed by atoms with van der Waals surface area (Å²) in [6, 6.07) is 4.44. The number of nitrogens with two attached hydrogens (primary N) is 1. The Kier molecular flexibility index (Phi) is 6.22. The number of nitrogens with one attached hydrogen (secondary N) is 1. The molecule has 6 heterocycles. The van der Waals surface area contributed by atoms with Gasteiger partial charge in [-0.1, -0.05) is 22.9 Å². The number of nitrogens with zero attached hydrogens (tertiary/aromatic N) is 5. The van der Waals surface area contributed by atoms with Gasteiger partial charge in [0.15, 0.2) is 10.9 Å². The van der Waals surface area contributed by atoms with Crippen molar-refractivity contribution in [2.45, 2.75) is 31.0 Å². The molecule has 0 aliphatic carbocycles. The number of alkyl halides is 1. The van der Waals surface area contributed by atoms with E-state index < -0.39 is 23.3 Å². The van der Waals surface area contributed by atoms with Crippen LogP contribution >= 0.6 is 22.9 Å². The van der Waals surface area contributed by atoms with Gasteiger partial charge in [-0.25, -0.2) is 18.2 Å². The second kappa shape index (κ2) is 9.80. The van der Waals surface area contributed by atoms with Crippen molar-refractivity contribution in [3.8, 4) is 17.1 Å². The number of halogens is 4. The zero-order valence-corrected chi connectivity index (χ0v) is 24.2. The van der Waals surface area contributed by atoms with E-state index in [0.29, 0.717) is 41.6 Å². The Morgan fingerprint density at radius 1 is 1.12 bits per heavy atom. The summed E-state index contributed by atoms with van der Waals surface area (Å²) >= 11 is 7.78. The quantitative estimate of drug-likeness (QED) is 0.323. The molecule has 0 saturated carbocycles. The molecule has 4 aromatic rings. The summed E-state index contributed by atoms with van der Waals surface area (Å²) in [6.07, 6.45) is 1.33. The monoisotopic (exact) mass is 615 g/mol. The third kappa shape index (κ3) is 4.13. The highest BCUT2D eigenvalue weighted by molar-refractivity contribution is 7.22. The number of ether oxygens (including phenoxy) is 1. The first kappa shape index (κ1) is 26.7. The fourth-order valence-electron chi connectivity index (χ4n) is 7.58. The Labute approximate surface area is 249 Å². The molecule has 220 valence electrons. The summed E-state index contributed by atoms with van der Waals surface area (Å²) < 4.78 is 52.1. The van der Waals surface area contributed by atoms with Gasteiger partial charge in [0, 0.05) is 55.7 Å². The molecule has 0 bridgehead atoms. The molecule has 0 spiro atoms. The molecule has 3 N–H and O–H groups in total. The second-order valence-electron chi connectivity index (χ2n) is 12.0. The molecule has 0 radical (unpaired) electrons. The van der Waals surface area contributed by atoms with Crippen molar-refractivity contribution in [3.63, 3.8) is 0 Å². The van der Waals surface area contributed by atoms with Crippen LogP contribution < -0.4 is 20.7 Å². The van der Waals surface area contributed by atoms with Crippen LogP contribution in [0.4, 0.5) is 24.1 Å². The molecule has 4 aliphatic heterocycles. The predicted molar refractivity (Wildman–Crippen MR) is 158 cm³/mol. The third-order valence-corrected chi connectivity index (χ3v) is 10.7. The van der Waals surface area contributed by atoms with Gasteiger partial charge in [-0.2, -0.15) is 9.97 Å². The molecule has 0 amide bonds. The molecule has 4 atom stereocenters. The fourth-order valence-corrected chi connectivity index (χ4v) is 8.64. The van der Waals surface area contributed by atoms with Crippen LogP contribution in [-0.4, -0.2) is 77.4 Å². The maximum absolute atomic E-state index is 16.7. The van der Waals surface area contributed by atoms with E-state index in [1.807, 2.05) is 0 Å². The van der Waals surface area contributed by atoms with Crippen molar-refractivity contribution in [2.75, 3.05) is 56.5 Å². The summed E-state index contributed by atoms with van der Waals surface area (Å²) in [5.41, 5.74) is 6.18. The number of benzene rings is 2. The standard InChI is InChI=1S/C29H29ClF3N7OS/c30-19-6-18-23(22(33)21(19)17-2-3-20(32)25-24(17)36-27(34)42-25)37-28(38-26(18)39-10-14-8-35-9-15(14)11-39)41-13-29-4-1-5-40(29)12-16(31)7-29/h2-3,6,14-16,35H,1,4-5,7-13H2,(H2,34,36)/t14?,15?,16-,29+/m1/s1. The lowest BCUT2D eigenvalue weighted by molar-refractivity contribution is 0.107. The number of hydrogen-bond donors (Lipinski definition) is 2. The predicted octanol–water partition coefficient (Wildman–Crippen LogP) is 5.03. The van der Waals surface area contributed by atoms with E-state index in [2.05, 4.69) is 25.1 Å². The van der Waals surface area contributed by atoms with Gasteiger partial charge in [0.25, 0.3) is 0 Å². The molecule has 2 unspecified atom stereocenters. The maximum atomic E-state index is 16.7. The van der Waals surface area contributed by atoms with Crippen LogP contribution in [0.15, 0.2) is 18.2 Å². The second-order valence-corrected chi connectivity index (χ2v) is 13.5. The van der Waals surface area contributed by atoms with Crippen molar-refractivity contribution in [2.24, 2.45) is 11.8 Å². The van der Waals surface area contributed by atoms with Gasteiger partial charge in [-0.3, -0.25) is 4.90 Å². The zero-order valence-electron chi connectivity index (χ0n) is 22.7. The Bertz CT molecular complexity index is 1730. The van der Waals surface area contributed by atoms with Gasteiger partial charge in [-0.05, 0) is 49.4 Å². The van der Waals surface area contributed by atoms with Crippen LogP contribution in [0.2, 0.25) is 5.02 Å². The molecule has 13 heteroatoms. The minimum atomic E-state index is -0.894. The highest BCUT2D eigenvalue weighted by Crippen LogP contribution is 2.44. The van der Waals surface area contributed by atoms with E-state index in [4.69, 9.17) is 27.1 Å². The van der Waals surface area contributed by atoms with E-state index in [1.54, 1.807) is 6.07 Å². The average molecular weight is 616 g/mol. The highest BCUT2D eigenvalue weighted by Gasteiger charge is 2.49. The fraction of sp³-hybridized carbons (Fsp3) is 0.483. The average Bonchev–Trinajstić information content (AvgIpc) is 3.75. The molecule has 42 heavy (non-hydrogen) atoms. The Hall–Kier alpha value is -2.93. The van der Waals surface area contributed by atoms with E-state index in [9.17, 15) is 8.78 Å². The van der Waals surface area contributed by atoms with E-state index in [0.717, 1.165) is 56.9 Å². The van der Waals surface area contributed by atoms with E-state index in [1.165, 1.54) is 12.1 Å². The number of hydrogen-bond acceptors (Lipinski definition) is 9. The molecule has 2 aromatic heterocycles. The van der Waals surface area contributed by atoms with Crippen molar-refractivity contribution in [1.29, 1.82) is 0 Å². The van der Waals surface area contributed by atoms with E-state index >= 15 is 4.39 Å². The molecular formula is C29H29ClF3N7OS. The molecule has 8 nitrogen and oxygen atoms in total. The number of aromatic nitrogens is 3. The van der Waals surface area contributed by atoms with E-state index in [-0.39, 0.29) is 44.1 Å². The topological polar surface area (TPSA) is 92.4 Å². The first-order valence-electron chi connectivity index (χ1n) is 14.3. The maximum Gasteiger partial charge on any atom is 0.319 e. The summed E-state index contributed by atoms with van der Waals surface area (Å²) in [5, 5.41) is 4.23. The zero-order chi connectivity index (χ0) is 28.7. The van der Waals surface area contributed by atoms with Crippen LogP contribution in [0.1, 0.15) is 19.3 Å². The van der Waals surface area contributed by atoms with Crippen LogP contribution in [0.3, 0.4) is 0 Å². The van der Waals surface area contributed by atoms with Gasteiger partial charge in [0.05, 0.1) is 20.8 Å². The smallest absolute Gasteiger partial charge is 0.319 e. The molecule has 2 aromatic carbocycles. The van der Waals surface area contributed by atoms with Crippen LogP contribution in [0.5, 0.6) is 6.01 Å². The van der Waals surface area contributed by atoms with Crippen LogP contribution in [-0.2, 0) is 0 Å². The summed E-state index contributed by atoms with van der Waals surface area (Å²) in [4.78, 5) is 18.0. The Balaban J connectivity index is 1.26. The first-order valence-corrected chi connectivity index (χ1v) is 15.5. The normalized spacial score (nSPS) is 27.4. The molecule has 4 aliphatic rings. The number of anilines is 2. The lowest BCUT2D eigenvalue weighted by Crippen LogP contribution is -2.43. The summed E-state index contributed by atoms with van der Waals surface area (Å²) in [6.45, 7) is 4.85. The van der Waals surface area contributed by atoms with Crippen molar-refractivity contribution in [3.05, 3.63) is 34.9 Å². The Morgan fingerprint density at radius 3 is 2.74 bits per heavy atom. The van der Waals surface area contributed by atoms with Gasteiger partial charge < -0.3 is 20.7 Å². The largest absolute Gasteiger partial charge is 0.461 e. The van der Waals surface area contributed by atoms with Crippen molar-refractivity contribution in [1.82, 2.24) is 25.2 Å². The number of rotatable bonds is 5.